The van der Waals surface area contributed by atoms with Gasteiger partial charge < -0.3 is 9.47 Å². The number of rotatable bonds is 7. The summed E-state index contributed by atoms with van der Waals surface area (Å²) in [5.74, 6) is 0. The second-order valence-electron chi connectivity index (χ2n) is 8.19. The van der Waals surface area contributed by atoms with Crippen LogP contribution in [0.3, 0.4) is 0 Å². The molecule has 1 atom stereocenters. The third-order valence-corrected chi connectivity index (χ3v) is 7.63. The van der Waals surface area contributed by atoms with Crippen LogP contribution >= 0.6 is 0 Å². The second kappa shape index (κ2) is 10.9. The zero-order valence-corrected chi connectivity index (χ0v) is 21.0. The monoisotopic (exact) mass is 511 g/mol. The Bertz CT molecular complexity index is 1380. The molecule has 1 N–H and O–H groups in total. The number of nitrogens with zero attached hydrogens (tertiary/aromatic N) is 2. The van der Waals surface area contributed by atoms with Crippen LogP contribution in [0.1, 0.15) is 44.7 Å². The van der Waals surface area contributed by atoms with Crippen molar-refractivity contribution in [3.8, 4) is 0 Å². The molecule has 36 heavy (non-hydrogen) atoms. The summed E-state index contributed by atoms with van der Waals surface area (Å²) in [4.78, 5) is 25.7. The SMILES string of the molecule is CCOC(=O)NN(C(=O)OCC)[C@@H](C1=CCCC1)c1cn(S(=O)(=O)c2ccccc2)c2ccccc12. The quantitative estimate of drug-likeness (QED) is 0.347. The molecular formula is C26H29N3O6S. The van der Waals surface area contributed by atoms with Gasteiger partial charge in [-0.05, 0) is 56.9 Å². The van der Waals surface area contributed by atoms with Gasteiger partial charge in [-0.15, -0.1) is 0 Å². The number of hydrogen-bond acceptors (Lipinski definition) is 6. The van der Waals surface area contributed by atoms with Gasteiger partial charge >= 0.3 is 12.2 Å². The predicted octanol–water partition coefficient (Wildman–Crippen LogP) is 5.15. The highest BCUT2D eigenvalue weighted by atomic mass is 32.2. The number of nitrogens with one attached hydrogen (secondary N) is 1. The van der Waals surface area contributed by atoms with Gasteiger partial charge in [0.05, 0.1) is 23.6 Å². The number of amides is 2. The van der Waals surface area contributed by atoms with E-state index in [9.17, 15) is 18.0 Å². The van der Waals surface area contributed by atoms with E-state index < -0.39 is 28.3 Å². The Kier molecular flexibility index (Phi) is 7.64. The highest BCUT2D eigenvalue weighted by Gasteiger charge is 2.35. The largest absolute Gasteiger partial charge is 0.449 e. The fraction of sp³-hybridized carbons (Fsp3) is 0.308. The number of hydrazine groups is 1. The maximum absolute atomic E-state index is 13.6. The van der Waals surface area contributed by atoms with Crippen molar-refractivity contribution in [1.82, 2.24) is 14.4 Å². The Morgan fingerprint density at radius 2 is 1.72 bits per heavy atom. The number of ether oxygens (including phenoxy) is 2. The number of fused-ring (bicyclic) bond motifs is 1. The Labute approximate surface area is 210 Å². The number of allylic oxidation sites excluding steroid dienone is 1. The van der Waals surface area contributed by atoms with Crippen molar-refractivity contribution < 1.29 is 27.5 Å². The van der Waals surface area contributed by atoms with Crippen LogP contribution in [0.25, 0.3) is 10.9 Å². The van der Waals surface area contributed by atoms with Crippen LogP contribution < -0.4 is 5.43 Å². The highest BCUT2D eigenvalue weighted by molar-refractivity contribution is 7.90. The summed E-state index contributed by atoms with van der Waals surface area (Å²) in [7, 11) is -3.94. The average molecular weight is 512 g/mol. The van der Waals surface area contributed by atoms with E-state index in [1.165, 1.54) is 22.3 Å². The van der Waals surface area contributed by atoms with Crippen molar-refractivity contribution in [2.75, 3.05) is 13.2 Å². The van der Waals surface area contributed by atoms with Gasteiger partial charge in [-0.3, -0.25) is 0 Å². The van der Waals surface area contributed by atoms with Crippen LogP contribution in [0, 0.1) is 0 Å². The van der Waals surface area contributed by atoms with Gasteiger partial charge in [0.15, 0.2) is 0 Å². The molecule has 1 aromatic heterocycles. The molecule has 4 rings (SSSR count). The molecule has 0 unspecified atom stereocenters. The Morgan fingerprint density at radius 3 is 2.39 bits per heavy atom. The fourth-order valence-electron chi connectivity index (χ4n) is 4.42. The summed E-state index contributed by atoms with van der Waals surface area (Å²) >= 11 is 0. The molecular weight excluding hydrogens is 482 g/mol. The topological polar surface area (TPSA) is 107 Å². The normalized spacial score (nSPS) is 14.2. The zero-order valence-electron chi connectivity index (χ0n) is 20.2. The number of hydrogen-bond donors (Lipinski definition) is 1. The first-order valence-electron chi connectivity index (χ1n) is 11.9. The number of carbonyl (C=O) groups is 2. The van der Waals surface area contributed by atoms with Crippen molar-refractivity contribution >= 4 is 33.1 Å². The molecule has 0 fully saturated rings. The third kappa shape index (κ3) is 4.94. The van der Waals surface area contributed by atoms with Gasteiger partial charge in [0.1, 0.15) is 6.04 Å². The first kappa shape index (κ1) is 25.3. The lowest BCUT2D eigenvalue weighted by Gasteiger charge is -2.31. The lowest BCUT2D eigenvalue weighted by Crippen LogP contribution is -2.49. The molecule has 1 aliphatic carbocycles. The van der Waals surface area contributed by atoms with Gasteiger partial charge in [-0.2, -0.15) is 0 Å². The summed E-state index contributed by atoms with van der Waals surface area (Å²) in [5.41, 5.74) is 4.40. The van der Waals surface area contributed by atoms with Gasteiger partial charge in [0.2, 0.25) is 0 Å². The maximum Gasteiger partial charge on any atom is 0.429 e. The van der Waals surface area contributed by atoms with Crippen molar-refractivity contribution in [1.29, 1.82) is 0 Å². The second-order valence-corrected chi connectivity index (χ2v) is 10.0. The minimum Gasteiger partial charge on any atom is -0.449 e. The van der Waals surface area contributed by atoms with Crippen LogP contribution in [-0.2, 0) is 19.5 Å². The van der Waals surface area contributed by atoms with Gasteiger partial charge in [-0.25, -0.2) is 32.4 Å². The van der Waals surface area contributed by atoms with E-state index in [4.69, 9.17) is 9.47 Å². The zero-order chi connectivity index (χ0) is 25.7. The standard InChI is InChI=1S/C26H29N3O6S/c1-3-34-25(30)27-29(26(31)35-4-2)24(19-12-8-9-13-19)22-18-28(23-17-11-10-16-21(22)23)36(32,33)20-14-6-5-7-15-20/h5-7,10-12,14-18,24H,3-4,8-9,13H2,1-2H3,(H,27,30)/t24-/m0/s1. The first-order chi connectivity index (χ1) is 17.4. The van der Waals surface area contributed by atoms with Crippen LogP contribution in [0.4, 0.5) is 9.59 Å². The fourth-order valence-corrected chi connectivity index (χ4v) is 5.82. The molecule has 2 aromatic carbocycles. The molecule has 0 saturated carbocycles. The molecule has 190 valence electrons. The number of benzene rings is 2. The summed E-state index contributed by atoms with van der Waals surface area (Å²) in [5, 5.41) is 1.73. The summed E-state index contributed by atoms with van der Waals surface area (Å²) in [6.07, 6.45) is 4.32. The third-order valence-electron chi connectivity index (χ3n) is 5.94. The maximum atomic E-state index is 13.6. The molecule has 0 bridgehead atoms. The van der Waals surface area contributed by atoms with Gasteiger partial charge in [-0.1, -0.05) is 42.5 Å². The van der Waals surface area contributed by atoms with Crippen molar-refractivity contribution in [3.63, 3.8) is 0 Å². The number of para-hydroxylation sites is 1. The smallest absolute Gasteiger partial charge is 0.429 e. The van der Waals surface area contributed by atoms with Crippen LogP contribution in [0.5, 0.6) is 0 Å². The van der Waals surface area contributed by atoms with Crippen molar-refractivity contribution in [3.05, 3.63) is 78.0 Å². The average Bonchev–Trinajstić information content (AvgIpc) is 3.54. The summed E-state index contributed by atoms with van der Waals surface area (Å²) < 4.78 is 38.8. The van der Waals surface area contributed by atoms with E-state index in [1.54, 1.807) is 56.3 Å². The van der Waals surface area contributed by atoms with Crippen LogP contribution in [0.2, 0.25) is 0 Å². The number of carbonyl (C=O) groups excluding carboxylic acids is 2. The molecule has 1 aliphatic rings. The molecule has 3 aromatic rings. The van der Waals surface area contributed by atoms with Crippen molar-refractivity contribution in [2.24, 2.45) is 0 Å². The van der Waals surface area contributed by atoms with Gasteiger partial charge in [0.25, 0.3) is 10.0 Å². The minimum atomic E-state index is -3.94. The predicted molar refractivity (Wildman–Crippen MR) is 135 cm³/mol. The molecule has 2 amide bonds. The molecule has 9 nitrogen and oxygen atoms in total. The first-order valence-corrected chi connectivity index (χ1v) is 13.3. The van der Waals surface area contributed by atoms with E-state index in [1.807, 2.05) is 6.08 Å². The number of aromatic nitrogens is 1. The molecule has 0 saturated heterocycles. The molecule has 0 radical (unpaired) electrons. The molecule has 0 spiro atoms. The van der Waals surface area contributed by atoms with E-state index in [-0.39, 0.29) is 18.1 Å². The van der Waals surface area contributed by atoms with E-state index in [0.29, 0.717) is 22.9 Å². The highest BCUT2D eigenvalue weighted by Crippen LogP contribution is 2.40. The van der Waals surface area contributed by atoms with Gasteiger partial charge in [0, 0.05) is 17.1 Å². The van der Waals surface area contributed by atoms with E-state index in [2.05, 4.69) is 5.43 Å². The molecule has 1 heterocycles. The van der Waals surface area contributed by atoms with E-state index >= 15 is 0 Å². The summed E-state index contributed by atoms with van der Waals surface area (Å²) in [6, 6.07) is 14.4. The van der Waals surface area contributed by atoms with Crippen LogP contribution in [-0.4, -0.2) is 42.8 Å². The lowest BCUT2D eigenvalue weighted by atomic mass is 9.97. The lowest BCUT2D eigenvalue weighted by molar-refractivity contribution is 0.0611. The Morgan fingerprint density at radius 1 is 1.03 bits per heavy atom. The Balaban J connectivity index is 1.92. The summed E-state index contributed by atoms with van der Waals surface area (Å²) in [6.45, 7) is 3.54. The van der Waals surface area contributed by atoms with Crippen molar-refractivity contribution in [2.45, 2.75) is 44.0 Å². The molecule has 0 aliphatic heterocycles. The van der Waals surface area contributed by atoms with Crippen LogP contribution in [0.15, 0.2) is 77.3 Å². The Hall–Kier alpha value is -3.79. The van der Waals surface area contributed by atoms with E-state index in [0.717, 1.165) is 23.4 Å². The molecule has 10 heteroatoms. The minimum absolute atomic E-state index is 0.0930.